The highest BCUT2D eigenvalue weighted by Crippen LogP contribution is 2.18. The molecule has 95 heavy (non-hydrogen) atoms. The molecule has 9 nitrogen and oxygen atoms in total. The van der Waals surface area contributed by atoms with Crippen LogP contribution in [0.5, 0.6) is 0 Å². The summed E-state index contributed by atoms with van der Waals surface area (Å²) in [6.07, 6.45) is 108. The van der Waals surface area contributed by atoms with Gasteiger partial charge in [0.05, 0.1) is 34.4 Å². The summed E-state index contributed by atoms with van der Waals surface area (Å²) in [5.74, 6) is -2.01. The second-order valence-electron chi connectivity index (χ2n) is 26.6. The van der Waals surface area contributed by atoms with Crippen LogP contribution < -0.4 is 0 Å². The Morgan fingerprint density at radius 2 is 0.568 bits per heavy atom. The van der Waals surface area contributed by atoms with Crippen molar-refractivity contribution in [1.82, 2.24) is 0 Å². The molecule has 0 aliphatic heterocycles. The molecule has 0 saturated carbocycles. The summed E-state index contributed by atoms with van der Waals surface area (Å²) in [7, 11) is 5.98. The van der Waals surface area contributed by atoms with Gasteiger partial charge in [-0.05, 0) is 122 Å². The number of likely N-dealkylation sites (N-methyl/N-ethyl adjacent to an activating group) is 1. The quantitative estimate of drug-likeness (QED) is 0.0211. The second-order valence-corrected chi connectivity index (χ2v) is 26.6. The standard InChI is InChI=1S/C86H143NO8/c1-6-8-10-12-14-16-18-20-22-24-26-28-30-32-34-36-37-38-39-40-41-42-43-44-45-46-47-49-51-53-55-57-59-61-63-65-67-69-71-73-75-77-84(89)95-82(81-94-86(85(90)91)92-79-78-87(3,4)5)80-93-83(88)76-74-72-70-68-66-64-62-60-58-56-54-52-50-48-35-33-31-29-27-25-23-21-19-17-15-13-11-9-7-2/h8-11,14-17,20-23,26-29,32-35,37-38,40-41,50,52,82,86H,6-7,12-13,18-19,24-25,30-31,36,39,42-49,51,53-81H2,1-5H3/p+1/b10-8-,11-9-,16-14-,17-15-,22-20-,23-21-,28-26-,29-27-,34-32-,35-33-,38-37-,41-40-,52-50-. The summed E-state index contributed by atoms with van der Waals surface area (Å²) in [5, 5.41) is 9.77. The van der Waals surface area contributed by atoms with E-state index in [1.807, 2.05) is 21.1 Å². The molecule has 0 fully saturated rings. The highest BCUT2D eigenvalue weighted by molar-refractivity contribution is 5.71. The van der Waals surface area contributed by atoms with Gasteiger partial charge in [0, 0.05) is 12.8 Å². The Labute approximate surface area is 584 Å². The van der Waals surface area contributed by atoms with Gasteiger partial charge in [-0.3, -0.25) is 9.59 Å². The van der Waals surface area contributed by atoms with Gasteiger partial charge >= 0.3 is 17.9 Å². The highest BCUT2D eigenvalue weighted by atomic mass is 16.7. The van der Waals surface area contributed by atoms with Gasteiger partial charge in [0.15, 0.2) is 6.10 Å². The number of hydrogen-bond acceptors (Lipinski definition) is 7. The van der Waals surface area contributed by atoms with Crippen molar-refractivity contribution in [3.8, 4) is 0 Å². The number of allylic oxidation sites excluding steroid dienone is 26. The molecule has 2 unspecified atom stereocenters. The maximum absolute atomic E-state index is 13.0. The van der Waals surface area contributed by atoms with E-state index in [9.17, 15) is 19.5 Å². The van der Waals surface area contributed by atoms with Crippen molar-refractivity contribution in [1.29, 1.82) is 0 Å². The Morgan fingerprint density at radius 1 is 0.316 bits per heavy atom. The molecule has 9 heteroatoms. The smallest absolute Gasteiger partial charge is 0.361 e. The molecule has 0 heterocycles. The molecule has 0 radical (unpaired) electrons. The van der Waals surface area contributed by atoms with Crippen LogP contribution in [0.3, 0.4) is 0 Å². The number of rotatable bonds is 70. The number of ether oxygens (including phenoxy) is 4. The van der Waals surface area contributed by atoms with Crippen molar-refractivity contribution in [2.24, 2.45) is 0 Å². The van der Waals surface area contributed by atoms with Gasteiger partial charge in [-0.1, -0.05) is 332 Å². The number of esters is 2. The fourth-order valence-corrected chi connectivity index (χ4v) is 10.5. The zero-order valence-electron chi connectivity index (χ0n) is 61.8. The molecular formula is C86H144NO8+. The molecule has 0 aliphatic rings. The Kier molecular flexibility index (Phi) is 70.7. The Balaban J connectivity index is 4.06. The van der Waals surface area contributed by atoms with Gasteiger partial charge in [0.25, 0.3) is 6.29 Å². The summed E-state index contributed by atoms with van der Waals surface area (Å²) < 4.78 is 23.0. The van der Waals surface area contributed by atoms with Gasteiger partial charge in [-0.25, -0.2) is 4.79 Å². The number of carboxylic acids is 1. The fraction of sp³-hybridized carbons (Fsp3) is 0.663. The Bertz CT molecular complexity index is 2130. The van der Waals surface area contributed by atoms with Crippen molar-refractivity contribution >= 4 is 17.9 Å². The lowest BCUT2D eigenvalue weighted by molar-refractivity contribution is -0.870. The first-order chi connectivity index (χ1) is 46.6. The zero-order chi connectivity index (χ0) is 69.0. The lowest BCUT2D eigenvalue weighted by Crippen LogP contribution is -2.40. The summed E-state index contributed by atoms with van der Waals surface area (Å²) in [6.45, 7) is 4.66. The van der Waals surface area contributed by atoms with E-state index in [1.54, 1.807) is 0 Å². The summed E-state index contributed by atoms with van der Waals surface area (Å²) in [5.41, 5.74) is 0. The highest BCUT2D eigenvalue weighted by Gasteiger charge is 2.25. The third-order valence-corrected chi connectivity index (χ3v) is 16.3. The lowest BCUT2D eigenvalue weighted by atomic mass is 10.0. The number of aliphatic carboxylic acids is 1. The van der Waals surface area contributed by atoms with Crippen molar-refractivity contribution in [2.45, 2.75) is 322 Å². The zero-order valence-corrected chi connectivity index (χ0v) is 61.8. The average molecular weight is 1320 g/mol. The molecule has 0 aromatic rings. The minimum absolute atomic E-state index is 0.182. The maximum atomic E-state index is 13.0. The van der Waals surface area contributed by atoms with E-state index in [2.05, 4.69) is 172 Å². The largest absolute Gasteiger partial charge is 0.477 e. The van der Waals surface area contributed by atoms with Crippen LogP contribution in [0.25, 0.3) is 0 Å². The van der Waals surface area contributed by atoms with Crippen molar-refractivity contribution < 1.29 is 42.9 Å². The van der Waals surface area contributed by atoms with Crippen LogP contribution in [0, 0.1) is 0 Å². The van der Waals surface area contributed by atoms with Crippen LogP contribution >= 0.6 is 0 Å². The first-order valence-electron chi connectivity index (χ1n) is 38.6. The number of carbonyl (C=O) groups is 3. The normalized spacial score (nSPS) is 13.6. The maximum Gasteiger partial charge on any atom is 0.361 e. The number of unbranched alkanes of at least 4 members (excludes halogenated alkanes) is 29. The molecule has 0 saturated heterocycles. The average Bonchev–Trinajstić information content (AvgIpc) is 3.54. The predicted molar refractivity (Wildman–Crippen MR) is 410 cm³/mol. The molecule has 2 atom stereocenters. The van der Waals surface area contributed by atoms with E-state index in [4.69, 9.17) is 18.9 Å². The molecule has 540 valence electrons. The van der Waals surface area contributed by atoms with Crippen molar-refractivity contribution in [3.63, 3.8) is 0 Å². The molecule has 0 spiro atoms. The van der Waals surface area contributed by atoms with Crippen LogP contribution in [0.1, 0.15) is 309 Å². The molecule has 1 N–H and O–H groups in total. The second kappa shape index (κ2) is 74.7. The van der Waals surface area contributed by atoms with Crippen LogP contribution in [0.4, 0.5) is 0 Å². The first-order valence-corrected chi connectivity index (χ1v) is 38.6. The number of nitrogens with zero attached hydrogens (tertiary/aromatic N) is 1. The van der Waals surface area contributed by atoms with E-state index in [0.29, 0.717) is 17.4 Å². The minimum Gasteiger partial charge on any atom is -0.477 e. The van der Waals surface area contributed by atoms with Gasteiger partial charge in [0.2, 0.25) is 0 Å². The molecule has 0 aromatic carbocycles. The molecule has 0 amide bonds. The van der Waals surface area contributed by atoms with E-state index >= 15 is 0 Å². The topological polar surface area (TPSA) is 108 Å². The van der Waals surface area contributed by atoms with E-state index in [0.717, 1.165) is 128 Å². The molecule has 0 rings (SSSR count). The third kappa shape index (κ3) is 76.1. The molecule has 0 aromatic heterocycles. The van der Waals surface area contributed by atoms with E-state index in [-0.39, 0.29) is 32.2 Å². The van der Waals surface area contributed by atoms with Gasteiger partial charge in [-0.2, -0.15) is 0 Å². The molecular weight excluding hydrogens is 1170 g/mol. The van der Waals surface area contributed by atoms with E-state index < -0.39 is 24.3 Å². The van der Waals surface area contributed by atoms with Crippen LogP contribution in [0.15, 0.2) is 158 Å². The van der Waals surface area contributed by atoms with Crippen molar-refractivity contribution in [2.75, 3.05) is 47.5 Å². The summed E-state index contributed by atoms with van der Waals surface area (Å²) >= 11 is 0. The summed E-state index contributed by atoms with van der Waals surface area (Å²) in [6, 6.07) is 0. The first kappa shape index (κ1) is 89.9. The monoisotopic (exact) mass is 1320 g/mol. The lowest BCUT2D eigenvalue weighted by Gasteiger charge is -2.25. The number of hydrogen-bond donors (Lipinski definition) is 1. The number of carboxylic acid groups (broad SMARTS) is 1. The van der Waals surface area contributed by atoms with E-state index in [1.165, 1.54) is 154 Å². The Morgan fingerprint density at radius 3 is 0.842 bits per heavy atom. The number of quaternary nitrogens is 1. The van der Waals surface area contributed by atoms with Crippen LogP contribution in [0.2, 0.25) is 0 Å². The third-order valence-electron chi connectivity index (χ3n) is 16.3. The molecule has 0 bridgehead atoms. The van der Waals surface area contributed by atoms with Gasteiger partial charge < -0.3 is 28.5 Å². The van der Waals surface area contributed by atoms with Crippen LogP contribution in [-0.4, -0.2) is 87.4 Å². The molecule has 0 aliphatic carbocycles. The minimum atomic E-state index is -1.52. The van der Waals surface area contributed by atoms with Gasteiger partial charge in [-0.15, -0.1) is 0 Å². The fourth-order valence-electron chi connectivity index (χ4n) is 10.5. The van der Waals surface area contributed by atoms with Crippen molar-refractivity contribution in [3.05, 3.63) is 158 Å². The Hall–Kier alpha value is -5.09. The van der Waals surface area contributed by atoms with Crippen LogP contribution in [-0.2, 0) is 33.3 Å². The summed E-state index contributed by atoms with van der Waals surface area (Å²) in [4.78, 5) is 37.7. The van der Waals surface area contributed by atoms with Gasteiger partial charge in [0.1, 0.15) is 13.2 Å². The predicted octanol–water partition coefficient (Wildman–Crippen LogP) is 24.8. The number of carbonyl (C=O) groups excluding carboxylic acids is 2. The SMILES string of the molecule is CC/C=C\C/C=C\C/C=C\C/C=C\C/C=C\C/C=C\C/C=C\CCCCCCCCCCCCCCCCCCCCCC(=O)OC(COC(=O)CCCCCCCCCCCC/C=C\C/C=C\C/C=C\C/C=C\C/C=C\C/C=C\CC)COC(OCC[N+](C)(C)C)C(=O)O.